The van der Waals surface area contributed by atoms with E-state index in [-0.39, 0.29) is 12.8 Å². The second-order valence-electron chi connectivity index (χ2n) is 20.1. The fourth-order valence-corrected chi connectivity index (χ4v) is 10.2. The van der Waals surface area contributed by atoms with E-state index >= 15 is 0 Å². The van der Waals surface area contributed by atoms with Gasteiger partial charge in [0.1, 0.15) is 67.6 Å². The first-order chi connectivity index (χ1) is 34.2. The first-order valence-electron chi connectivity index (χ1n) is 27.9. The summed E-state index contributed by atoms with van der Waals surface area (Å²) in [6.07, 6.45) is 13.1. The average Bonchev–Trinajstić information content (AvgIpc) is 3.35. The smallest absolute Gasteiger partial charge is 0.462 e. The number of aliphatic hydroxyl groups is 8. The molecule has 1 heterocycles. The van der Waals surface area contributed by atoms with E-state index in [0.29, 0.717) is 12.8 Å². The molecule has 0 aromatic carbocycles. The van der Waals surface area contributed by atoms with Gasteiger partial charge in [0.2, 0.25) is 0 Å². The molecule has 2 fully saturated rings. The minimum Gasteiger partial charge on any atom is -0.462 e. The van der Waals surface area contributed by atoms with Crippen LogP contribution in [0, 0.1) is 0 Å². The molecule has 19 heteroatoms. The van der Waals surface area contributed by atoms with Gasteiger partial charge in [0.05, 0.1) is 13.2 Å². The van der Waals surface area contributed by atoms with Crippen LogP contribution in [0.15, 0.2) is 0 Å². The van der Waals surface area contributed by atoms with Crippen molar-refractivity contribution in [3.63, 3.8) is 0 Å². The number of hydrogen-bond acceptors (Lipinski definition) is 17. The van der Waals surface area contributed by atoms with Crippen LogP contribution in [0.5, 0.6) is 0 Å². The number of carbonyl (C=O) groups excluding carboxylic acids is 2. The number of aliphatic hydroxyl groups excluding tert-OH is 8. The average molecular weight is 1040 g/mol. The lowest BCUT2D eigenvalue weighted by molar-refractivity contribution is -0.338. The van der Waals surface area contributed by atoms with Crippen LogP contribution in [0.4, 0.5) is 0 Å². The molecule has 1 saturated heterocycles. The summed E-state index contributed by atoms with van der Waals surface area (Å²) < 4.78 is 45.6. The molecule has 1 aliphatic heterocycles. The molecule has 0 radical (unpaired) electrons. The summed E-state index contributed by atoms with van der Waals surface area (Å²) >= 11 is 0. The highest BCUT2D eigenvalue weighted by Gasteiger charge is 2.55. The van der Waals surface area contributed by atoms with Crippen molar-refractivity contribution in [2.24, 2.45) is 0 Å². The molecule has 420 valence electrons. The molecule has 1 saturated carbocycles. The number of ether oxygens (including phenoxy) is 4. The van der Waals surface area contributed by atoms with Gasteiger partial charge in [0, 0.05) is 12.8 Å². The highest BCUT2D eigenvalue weighted by molar-refractivity contribution is 7.47. The van der Waals surface area contributed by atoms with Gasteiger partial charge in [-0.1, -0.05) is 200 Å². The Kier molecular flexibility index (Phi) is 37.0. The summed E-state index contributed by atoms with van der Waals surface area (Å²) in [4.78, 5) is 36.7. The lowest BCUT2D eigenvalue weighted by atomic mass is 9.84. The highest BCUT2D eigenvalue weighted by atomic mass is 31.2. The van der Waals surface area contributed by atoms with Crippen molar-refractivity contribution in [3.8, 4) is 0 Å². The van der Waals surface area contributed by atoms with E-state index < -0.39 is 113 Å². The Bertz CT molecular complexity index is 1380. The molecule has 0 aromatic rings. The second-order valence-corrected chi connectivity index (χ2v) is 21.5. The molecule has 0 spiro atoms. The van der Waals surface area contributed by atoms with Crippen molar-refractivity contribution in [2.45, 2.75) is 299 Å². The number of phosphoric acid groups is 1. The lowest BCUT2D eigenvalue weighted by Gasteiger charge is -2.47. The molecule has 0 bridgehead atoms. The predicted octanol–water partition coefficient (Wildman–Crippen LogP) is 7.50. The van der Waals surface area contributed by atoms with Crippen LogP contribution in [0.1, 0.15) is 226 Å². The molecule has 0 amide bonds. The molecule has 2 aliphatic rings. The standard InChI is InChI=1S/C52H99O18P/c1-3-5-7-9-11-13-15-17-19-21-23-25-27-29-31-33-35-42(55)67-39(37-65-41(54)34-32-30-28-26-24-22-20-18-16-14-12-10-8-6-4-2)38-66-71(63,64)70-51-48(61)46(59)45(58)47(60)50(51)69-52-49(62)44(57)43(56)40(36-53)68-52/h39-40,43-53,56-62H,3-38H2,1-2H3,(H,63,64). The van der Waals surface area contributed by atoms with Crippen LogP contribution >= 0.6 is 7.82 Å². The van der Waals surface area contributed by atoms with Gasteiger partial charge in [0.15, 0.2) is 12.4 Å². The van der Waals surface area contributed by atoms with Crippen molar-refractivity contribution < 1.29 is 87.9 Å². The maximum absolute atomic E-state index is 13.4. The van der Waals surface area contributed by atoms with Crippen molar-refractivity contribution >= 4 is 19.8 Å². The molecule has 9 N–H and O–H groups in total. The number of esters is 2. The van der Waals surface area contributed by atoms with Gasteiger partial charge in [-0.3, -0.25) is 18.6 Å². The SMILES string of the molecule is CCCCCCCCCCCCCCCCCCC(=O)OC(COC(=O)CCCCCCCCCCCCCCCCC)COP(=O)(O)OC1C(O)C(O)C(O)C(O)C1OC1OC(CO)C(O)C(O)C1O. The van der Waals surface area contributed by atoms with Crippen LogP contribution in [-0.2, 0) is 42.1 Å². The first-order valence-corrected chi connectivity index (χ1v) is 29.4. The molecule has 0 aromatic heterocycles. The normalized spacial score (nSPS) is 27.1. The van der Waals surface area contributed by atoms with Gasteiger partial charge in [0.25, 0.3) is 0 Å². The number of hydrogen-bond donors (Lipinski definition) is 9. The fourth-order valence-electron chi connectivity index (χ4n) is 9.24. The van der Waals surface area contributed by atoms with Crippen molar-refractivity contribution in [3.05, 3.63) is 0 Å². The van der Waals surface area contributed by atoms with E-state index in [1.165, 1.54) is 135 Å². The van der Waals surface area contributed by atoms with Crippen molar-refractivity contribution in [1.82, 2.24) is 0 Å². The fraction of sp³-hybridized carbons (Fsp3) is 0.962. The minimum atomic E-state index is -5.37. The Morgan fingerprint density at radius 2 is 0.845 bits per heavy atom. The van der Waals surface area contributed by atoms with Crippen molar-refractivity contribution in [2.75, 3.05) is 19.8 Å². The molecule has 13 atom stereocenters. The minimum absolute atomic E-state index is 0.0403. The Balaban J connectivity index is 1.90. The van der Waals surface area contributed by atoms with Crippen molar-refractivity contribution in [1.29, 1.82) is 0 Å². The summed E-state index contributed by atoms with van der Waals surface area (Å²) in [6.45, 7) is 2.28. The van der Waals surface area contributed by atoms with Crippen LogP contribution in [0.25, 0.3) is 0 Å². The third-order valence-electron chi connectivity index (χ3n) is 13.8. The second kappa shape index (κ2) is 40.0. The largest absolute Gasteiger partial charge is 0.472 e. The number of carbonyl (C=O) groups is 2. The highest BCUT2D eigenvalue weighted by Crippen LogP contribution is 2.48. The first kappa shape index (κ1) is 65.8. The third kappa shape index (κ3) is 28.4. The molecule has 71 heavy (non-hydrogen) atoms. The Morgan fingerprint density at radius 1 is 0.479 bits per heavy atom. The van der Waals surface area contributed by atoms with E-state index in [1.807, 2.05) is 0 Å². The predicted molar refractivity (Wildman–Crippen MR) is 268 cm³/mol. The van der Waals surface area contributed by atoms with Gasteiger partial charge in [-0.05, 0) is 12.8 Å². The molecule has 1 aliphatic carbocycles. The van der Waals surface area contributed by atoms with E-state index in [4.69, 9.17) is 28.0 Å². The van der Waals surface area contributed by atoms with Gasteiger partial charge in [-0.2, -0.15) is 0 Å². The zero-order chi connectivity index (χ0) is 52.3. The Morgan fingerprint density at radius 3 is 1.25 bits per heavy atom. The summed E-state index contributed by atoms with van der Waals surface area (Å²) in [5.74, 6) is -1.20. The molecule has 13 unspecified atom stereocenters. The zero-order valence-electron chi connectivity index (χ0n) is 43.5. The van der Waals surface area contributed by atoms with E-state index in [1.54, 1.807) is 0 Å². The van der Waals surface area contributed by atoms with Crippen LogP contribution < -0.4 is 0 Å². The molecular formula is C52H99O18P. The number of unbranched alkanes of at least 4 members (excludes halogenated alkanes) is 29. The molecule has 18 nitrogen and oxygen atoms in total. The van der Waals surface area contributed by atoms with Gasteiger partial charge in [-0.15, -0.1) is 0 Å². The number of phosphoric ester groups is 1. The summed E-state index contributed by atoms with van der Waals surface area (Å²) in [6, 6.07) is 0. The summed E-state index contributed by atoms with van der Waals surface area (Å²) in [5.41, 5.74) is 0. The van der Waals surface area contributed by atoms with Crippen LogP contribution in [0.2, 0.25) is 0 Å². The maximum Gasteiger partial charge on any atom is 0.472 e. The van der Waals surface area contributed by atoms with Gasteiger partial charge >= 0.3 is 19.8 Å². The monoisotopic (exact) mass is 1040 g/mol. The van der Waals surface area contributed by atoms with E-state index in [9.17, 15) is 59.9 Å². The zero-order valence-corrected chi connectivity index (χ0v) is 44.4. The van der Waals surface area contributed by atoms with Gasteiger partial charge < -0.3 is 64.7 Å². The molecule has 2 rings (SSSR count). The lowest BCUT2D eigenvalue weighted by Crippen LogP contribution is -2.67. The van der Waals surface area contributed by atoms with Crippen LogP contribution in [-0.4, -0.2) is 151 Å². The third-order valence-corrected chi connectivity index (χ3v) is 14.8. The van der Waals surface area contributed by atoms with E-state index in [0.717, 1.165) is 51.4 Å². The molecular weight excluding hydrogens is 944 g/mol. The quantitative estimate of drug-likeness (QED) is 0.0162. The Hall–Kier alpha value is -1.35. The summed E-state index contributed by atoms with van der Waals surface area (Å²) in [5, 5.41) is 83.1. The van der Waals surface area contributed by atoms with Crippen LogP contribution in [0.3, 0.4) is 0 Å². The summed E-state index contributed by atoms with van der Waals surface area (Å²) in [7, 11) is -5.37. The van der Waals surface area contributed by atoms with Gasteiger partial charge in [-0.25, -0.2) is 4.57 Å². The topological polar surface area (TPSA) is 289 Å². The van der Waals surface area contributed by atoms with E-state index in [2.05, 4.69) is 13.8 Å². The maximum atomic E-state index is 13.4. The Labute approximate surface area is 425 Å². The number of rotatable bonds is 44.